The third kappa shape index (κ3) is 45.0. The molecular weight excluding hydrogens is 116 g/mol. The molecule has 0 amide bonds. The Morgan fingerprint density at radius 1 is 1.33 bits per heavy atom. The second-order valence-electron chi connectivity index (χ2n) is 1.14. The SMILES string of the molecule is CCC#N.N#CCCO. The van der Waals surface area contributed by atoms with E-state index in [0.717, 1.165) is 0 Å². The zero-order valence-corrected chi connectivity index (χ0v) is 5.46. The molecule has 0 saturated heterocycles. The Balaban J connectivity index is 0. The van der Waals surface area contributed by atoms with E-state index in [9.17, 15) is 0 Å². The average molecular weight is 126 g/mol. The minimum absolute atomic E-state index is 0.0174. The fourth-order valence-electron chi connectivity index (χ4n) is 0.0500. The topological polar surface area (TPSA) is 67.8 Å². The highest BCUT2D eigenvalue weighted by molar-refractivity contribution is 4.65. The van der Waals surface area contributed by atoms with Crippen LogP contribution in [0.25, 0.3) is 0 Å². The van der Waals surface area contributed by atoms with Gasteiger partial charge in [-0.25, -0.2) is 0 Å². The summed E-state index contributed by atoms with van der Waals surface area (Å²) in [5.74, 6) is 0. The van der Waals surface area contributed by atoms with Crippen molar-refractivity contribution >= 4 is 0 Å². The van der Waals surface area contributed by atoms with Crippen molar-refractivity contribution in [2.24, 2.45) is 0 Å². The lowest BCUT2D eigenvalue weighted by Crippen LogP contribution is -1.72. The molecule has 0 unspecified atom stereocenters. The fourth-order valence-corrected chi connectivity index (χ4v) is 0.0500. The first kappa shape index (κ1) is 10.8. The van der Waals surface area contributed by atoms with Crippen molar-refractivity contribution < 1.29 is 5.11 Å². The molecule has 0 aromatic rings. The van der Waals surface area contributed by atoms with E-state index in [0.29, 0.717) is 6.42 Å². The van der Waals surface area contributed by atoms with Gasteiger partial charge in [-0.3, -0.25) is 0 Å². The first-order valence-corrected chi connectivity index (χ1v) is 2.68. The Kier molecular flexibility index (Phi) is 19.0. The number of hydrogen-bond acceptors (Lipinski definition) is 3. The highest BCUT2D eigenvalue weighted by Gasteiger charge is 1.66. The van der Waals surface area contributed by atoms with Gasteiger partial charge in [0.15, 0.2) is 0 Å². The van der Waals surface area contributed by atoms with Gasteiger partial charge in [0, 0.05) is 6.42 Å². The van der Waals surface area contributed by atoms with Gasteiger partial charge in [0.1, 0.15) is 0 Å². The molecule has 0 aliphatic rings. The molecule has 0 spiro atoms. The molecule has 9 heavy (non-hydrogen) atoms. The van der Waals surface area contributed by atoms with Crippen molar-refractivity contribution in [3.8, 4) is 12.1 Å². The third-order valence-corrected chi connectivity index (χ3v) is 0.382. The van der Waals surface area contributed by atoms with E-state index in [2.05, 4.69) is 0 Å². The van der Waals surface area contributed by atoms with Gasteiger partial charge in [-0.15, -0.1) is 0 Å². The van der Waals surface area contributed by atoms with Crippen LogP contribution in [0.4, 0.5) is 0 Å². The van der Waals surface area contributed by atoms with Crippen molar-refractivity contribution in [3.05, 3.63) is 0 Å². The summed E-state index contributed by atoms with van der Waals surface area (Å²) >= 11 is 0. The molecular formula is C6H10N2O. The minimum atomic E-state index is -0.0174. The van der Waals surface area contributed by atoms with Crippen LogP contribution in [0.15, 0.2) is 0 Å². The zero-order chi connectivity index (χ0) is 7.54. The Bertz CT molecular complexity index is 109. The standard InChI is InChI=1S/C3H5NO.C3H5N/c4-2-1-3-5;1-2-3-4/h5H,1,3H2;2H2,1H3. The first-order valence-electron chi connectivity index (χ1n) is 2.68. The largest absolute Gasteiger partial charge is 0.395 e. The molecule has 1 N–H and O–H groups in total. The fraction of sp³-hybridized carbons (Fsp3) is 0.667. The second kappa shape index (κ2) is 15.8. The van der Waals surface area contributed by atoms with Crippen LogP contribution < -0.4 is 0 Å². The van der Waals surface area contributed by atoms with Gasteiger partial charge >= 0.3 is 0 Å². The van der Waals surface area contributed by atoms with E-state index in [-0.39, 0.29) is 13.0 Å². The van der Waals surface area contributed by atoms with E-state index in [1.807, 2.05) is 13.0 Å². The smallest absolute Gasteiger partial charge is 0.0645 e. The molecule has 0 bridgehead atoms. The van der Waals surface area contributed by atoms with Crippen molar-refractivity contribution in [1.82, 2.24) is 0 Å². The van der Waals surface area contributed by atoms with Gasteiger partial charge in [0.2, 0.25) is 0 Å². The quantitative estimate of drug-likeness (QED) is 0.565. The van der Waals surface area contributed by atoms with E-state index in [4.69, 9.17) is 15.6 Å². The zero-order valence-electron chi connectivity index (χ0n) is 5.46. The first-order chi connectivity index (χ1) is 4.33. The number of rotatable bonds is 1. The molecule has 3 nitrogen and oxygen atoms in total. The predicted octanol–water partition coefficient (Wildman–Crippen LogP) is 0.812. The summed E-state index contributed by atoms with van der Waals surface area (Å²) in [5.41, 5.74) is 0. The van der Waals surface area contributed by atoms with Crippen molar-refractivity contribution in [1.29, 1.82) is 10.5 Å². The highest BCUT2D eigenvalue weighted by atomic mass is 16.2. The molecule has 0 heterocycles. The molecule has 0 rings (SSSR count). The number of hydrogen-bond donors (Lipinski definition) is 1. The van der Waals surface area contributed by atoms with E-state index >= 15 is 0 Å². The Morgan fingerprint density at radius 2 is 1.78 bits per heavy atom. The molecule has 0 aliphatic heterocycles. The number of nitrogens with zero attached hydrogens (tertiary/aromatic N) is 2. The van der Waals surface area contributed by atoms with Crippen LogP contribution in [-0.4, -0.2) is 11.7 Å². The summed E-state index contributed by atoms with van der Waals surface area (Å²) in [6.45, 7) is 1.80. The van der Waals surface area contributed by atoms with Gasteiger partial charge in [-0.1, -0.05) is 6.92 Å². The van der Waals surface area contributed by atoms with Crippen LogP contribution in [-0.2, 0) is 0 Å². The van der Waals surface area contributed by atoms with Crippen molar-refractivity contribution in [3.63, 3.8) is 0 Å². The second-order valence-corrected chi connectivity index (χ2v) is 1.14. The van der Waals surface area contributed by atoms with Gasteiger partial charge in [0.05, 0.1) is 25.2 Å². The highest BCUT2D eigenvalue weighted by Crippen LogP contribution is 1.62. The summed E-state index contributed by atoms with van der Waals surface area (Å²) in [4.78, 5) is 0. The van der Waals surface area contributed by atoms with Crippen molar-refractivity contribution in [2.75, 3.05) is 6.61 Å². The van der Waals surface area contributed by atoms with Crippen LogP contribution >= 0.6 is 0 Å². The summed E-state index contributed by atoms with van der Waals surface area (Å²) in [6.07, 6.45) is 0.875. The lowest BCUT2D eigenvalue weighted by Gasteiger charge is -1.67. The summed E-state index contributed by atoms with van der Waals surface area (Å²) < 4.78 is 0. The van der Waals surface area contributed by atoms with Gasteiger partial charge in [-0.05, 0) is 0 Å². The number of aliphatic hydroxyl groups excluding tert-OH is 1. The van der Waals surface area contributed by atoms with E-state index < -0.39 is 0 Å². The molecule has 3 heteroatoms. The molecule has 0 aromatic carbocycles. The van der Waals surface area contributed by atoms with Crippen LogP contribution in [0.2, 0.25) is 0 Å². The maximum atomic E-state index is 7.84. The molecule has 0 radical (unpaired) electrons. The average Bonchev–Trinajstić information content (AvgIpc) is 1.91. The number of aliphatic hydroxyl groups is 1. The maximum Gasteiger partial charge on any atom is 0.0645 e. The lowest BCUT2D eigenvalue weighted by atomic mass is 10.5. The molecule has 0 atom stereocenters. The molecule has 0 fully saturated rings. The summed E-state index contributed by atoms with van der Waals surface area (Å²) in [6, 6.07) is 3.70. The lowest BCUT2D eigenvalue weighted by molar-refractivity contribution is 0.304. The third-order valence-electron chi connectivity index (χ3n) is 0.382. The predicted molar refractivity (Wildman–Crippen MR) is 33.2 cm³/mol. The molecule has 0 aliphatic carbocycles. The normalized spacial score (nSPS) is 5.78. The molecule has 50 valence electrons. The maximum absolute atomic E-state index is 7.84. The molecule has 0 aromatic heterocycles. The van der Waals surface area contributed by atoms with Crippen LogP contribution in [0.5, 0.6) is 0 Å². The van der Waals surface area contributed by atoms with E-state index in [1.54, 1.807) is 6.07 Å². The van der Waals surface area contributed by atoms with Gasteiger partial charge in [0.25, 0.3) is 0 Å². The van der Waals surface area contributed by atoms with Crippen LogP contribution in [0, 0.1) is 22.7 Å². The van der Waals surface area contributed by atoms with E-state index in [1.165, 1.54) is 0 Å². The van der Waals surface area contributed by atoms with Crippen LogP contribution in [0.1, 0.15) is 19.8 Å². The van der Waals surface area contributed by atoms with Gasteiger partial charge < -0.3 is 5.11 Å². The minimum Gasteiger partial charge on any atom is -0.395 e. The Hall–Kier alpha value is -1.06. The summed E-state index contributed by atoms with van der Waals surface area (Å²) in [7, 11) is 0. The molecule has 0 saturated carbocycles. The summed E-state index contributed by atoms with van der Waals surface area (Å²) in [5, 5.41) is 23.1. The number of nitriles is 2. The Labute approximate surface area is 55.1 Å². The Morgan fingerprint density at radius 3 is 1.78 bits per heavy atom. The monoisotopic (exact) mass is 126 g/mol. The van der Waals surface area contributed by atoms with Gasteiger partial charge in [-0.2, -0.15) is 10.5 Å². The van der Waals surface area contributed by atoms with Crippen LogP contribution in [0.3, 0.4) is 0 Å². The van der Waals surface area contributed by atoms with Crippen molar-refractivity contribution in [2.45, 2.75) is 19.8 Å².